The van der Waals surface area contributed by atoms with Crippen LogP contribution in [-0.4, -0.2) is 31.1 Å². The zero-order valence-electron chi connectivity index (χ0n) is 17.4. The van der Waals surface area contributed by atoms with Crippen molar-refractivity contribution in [2.75, 3.05) is 13.7 Å². The summed E-state index contributed by atoms with van der Waals surface area (Å²) in [7, 11) is 1.61. The van der Waals surface area contributed by atoms with Crippen molar-refractivity contribution in [3.05, 3.63) is 71.5 Å². The van der Waals surface area contributed by atoms with Crippen LogP contribution in [0.15, 0.2) is 60.4 Å². The van der Waals surface area contributed by atoms with Gasteiger partial charge >= 0.3 is 5.97 Å². The molecular formula is C24H24O6. The molecule has 1 heterocycles. The lowest BCUT2D eigenvalue weighted by molar-refractivity contribution is -0.157. The van der Waals surface area contributed by atoms with Crippen molar-refractivity contribution in [3.63, 3.8) is 0 Å². The quantitative estimate of drug-likeness (QED) is 0.514. The average molecular weight is 408 g/mol. The van der Waals surface area contributed by atoms with Crippen molar-refractivity contribution in [3.8, 4) is 17.2 Å². The summed E-state index contributed by atoms with van der Waals surface area (Å²) in [4.78, 5) is 24.3. The molecule has 0 spiro atoms. The first-order chi connectivity index (χ1) is 14.3. The summed E-state index contributed by atoms with van der Waals surface area (Å²) in [5.74, 6) is 1.06. The predicted octanol–water partition coefficient (Wildman–Crippen LogP) is 4.59. The lowest BCUT2D eigenvalue weighted by Crippen LogP contribution is -2.27. The second kappa shape index (κ2) is 8.86. The number of methoxy groups -OCH3 is 1. The first-order valence-electron chi connectivity index (χ1n) is 9.49. The van der Waals surface area contributed by atoms with Gasteiger partial charge in [-0.05, 0) is 45.0 Å². The van der Waals surface area contributed by atoms with Gasteiger partial charge in [-0.15, -0.1) is 0 Å². The third-order valence-electron chi connectivity index (χ3n) is 4.08. The molecule has 1 aliphatic rings. The fourth-order valence-corrected chi connectivity index (χ4v) is 2.83. The second-order valence-electron chi connectivity index (χ2n) is 7.60. The lowest BCUT2D eigenvalue weighted by atomic mass is 10.1. The Balaban J connectivity index is 1.67. The molecule has 2 aromatic rings. The van der Waals surface area contributed by atoms with Gasteiger partial charge in [-0.1, -0.05) is 30.4 Å². The third-order valence-corrected chi connectivity index (χ3v) is 4.08. The number of benzene rings is 2. The van der Waals surface area contributed by atoms with Crippen molar-refractivity contribution in [2.45, 2.75) is 26.4 Å². The van der Waals surface area contributed by atoms with Gasteiger partial charge in [-0.3, -0.25) is 4.79 Å². The van der Waals surface area contributed by atoms with Crippen molar-refractivity contribution in [2.24, 2.45) is 0 Å². The van der Waals surface area contributed by atoms with E-state index in [-0.39, 0.29) is 18.1 Å². The highest BCUT2D eigenvalue weighted by Crippen LogP contribution is 2.34. The van der Waals surface area contributed by atoms with Crippen molar-refractivity contribution in [1.29, 1.82) is 0 Å². The Kier molecular flexibility index (Phi) is 6.26. The molecule has 0 bridgehead atoms. The molecule has 30 heavy (non-hydrogen) atoms. The smallest absolute Gasteiger partial charge is 0.344 e. The van der Waals surface area contributed by atoms with Gasteiger partial charge in [0.15, 0.2) is 12.4 Å². The number of hydrogen-bond acceptors (Lipinski definition) is 6. The largest absolute Gasteiger partial charge is 0.496 e. The van der Waals surface area contributed by atoms with E-state index in [0.717, 1.165) is 11.3 Å². The van der Waals surface area contributed by atoms with Gasteiger partial charge in [0, 0.05) is 11.6 Å². The molecule has 6 nitrogen and oxygen atoms in total. The zero-order valence-corrected chi connectivity index (χ0v) is 17.4. The lowest BCUT2D eigenvalue weighted by Gasteiger charge is -2.19. The molecule has 0 aromatic heterocycles. The van der Waals surface area contributed by atoms with E-state index in [0.29, 0.717) is 17.1 Å². The summed E-state index contributed by atoms with van der Waals surface area (Å²) >= 11 is 0. The number of hydrogen-bond donors (Lipinski definition) is 0. The standard InChI is InChI=1S/C24H24O6/c1-24(2,3)30-22(25)15-28-17-12-13-18-21(14-17)29-20(23(18)26)11-7-9-16-8-5-6-10-19(16)27-4/h5-14H,15H2,1-4H3. The number of carbonyl (C=O) groups is 2. The van der Waals surface area contributed by atoms with E-state index in [1.807, 2.05) is 30.3 Å². The van der Waals surface area contributed by atoms with Gasteiger partial charge in [0.25, 0.3) is 0 Å². The minimum Gasteiger partial charge on any atom is -0.496 e. The van der Waals surface area contributed by atoms with Crippen LogP contribution >= 0.6 is 0 Å². The van der Waals surface area contributed by atoms with Gasteiger partial charge in [-0.2, -0.15) is 0 Å². The molecule has 0 saturated carbocycles. The van der Waals surface area contributed by atoms with Crippen LogP contribution in [-0.2, 0) is 9.53 Å². The molecule has 6 heteroatoms. The highest BCUT2D eigenvalue weighted by atomic mass is 16.6. The number of esters is 1. The molecule has 1 aliphatic heterocycles. The van der Waals surface area contributed by atoms with E-state index in [4.69, 9.17) is 18.9 Å². The Morgan fingerprint density at radius 1 is 1.13 bits per heavy atom. The van der Waals surface area contributed by atoms with Crippen molar-refractivity contribution in [1.82, 2.24) is 0 Å². The topological polar surface area (TPSA) is 71.1 Å². The molecule has 0 saturated heterocycles. The number of rotatable bonds is 6. The Bertz CT molecular complexity index is 1010. The monoisotopic (exact) mass is 408 g/mol. The van der Waals surface area contributed by atoms with Crippen LogP contribution in [0.1, 0.15) is 36.7 Å². The van der Waals surface area contributed by atoms with E-state index in [9.17, 15) is 9.59 Å². The Labute approximate surface area is 175 Å². The van der Waals surface area contributed by atoms with Crippen LogP contribution < -0.4 is 14.2 Å². The molecule has 156 valence electrons. The van der Waals surface area contributed by atoms with Crippen LogP contribution in [0.4, 0.5) is 0 Å². The maximum atomic E-state index is 12.5. The molecule has 3 rings (SSSR count). The summed E-state index contributed by atoms with van der Waals surface area (Å²) in [6, 6.07) is 12.4. The van der Waals surface area contributed by atoms with Gasteiger partial charge < -0.3 is 18.9 Å². The van der Waals surface area contributed by atoms with E-state index in [1.165, 1.54) is 0 Å². The Morgan fingerprint density at radius 3 is 2.63 bits per heavy atom. The summed E-state index contributed by atoms with van der Waals surface area (Å²) < 4.78 is 21.6. The highest BCUT2D eigenvalue weighted by Gasteiger charge is 2.27. The predicted molar refractivity (Wildman–Crippen MR) is 113 cm³/mol. The maximum Gasteiger partial charge on any atom is 0.344 e. The van der Waals surface area contributed by atoms with Gasteiger partial charge in [0.1, 0.15) is 22.8 Å². The normalized spacial score (nSPS) is 14.5. The van der Waals surface area contributed by atoms with Gasteiger partial charge in [-0.25, -0.2) is 4.79 Å². The van der Waals surface area contributed by atoms with E-state index in [1.54, 1.807) is 58.2 Å². The summed E-state index contributed by atoms with van der Waals surface area (Å²) in [6.45, 7) is 5.14. The SMILES string of the molecule is COc1ccccc1C=CC=C1Oc2cc(OCC(=O)OC(C)(C)C)ccc2C1=O. The van der Waals surface area contributed by atoms with Gasteiger partial charge in [0.2, 0.25) is 5.78 Å². The summed E-state index contributed by atoms with van der Waals surface area (Å²) in [5, 5.41) is 0. The molecule has 0 atom stereocenters. The fourth-order valence-electron chi connectivity index (χ4n) is 2.83. The zero-order chi connectivity index (χ0) is 21.7. The number of ether oxygens (including phenoxy) is 4. The van der Waals surface area contributed by atoms with E-state index >= 15 is 0 Å². The molecule has 0 amide bonds. The molecule has 0 radical (unpaired) electrons. The van der Waals surface area contributed by atoms with Crippen LogP contribution in [0.2, 0.25) is 0 Å². The average Bonchev–Trinajstić information content (AvgIpc) is 3.00. The number of Topliss-reactive ketones (excluding diaryl/α,β-unsaturated/α-hetero) is 1. The Morgan fingerprint density at radius 2 is 1.90 bits per heavy atom. The molecular weight excluding hydrogens is 384 g/mol. The molecule has 0 aliphatic carbocycles. The number of allylic oxidation sites excluding steroid dienone is 3. The van der Waals surface area contributed by atoms with Crippen LogP contribution in [0.5, 0.6) is 17.2 Å². The highest BCUT2D eigenvalue weighted by molar-refractivity contribution is 6.12. The van der Waals surface area contributed by atoms with Crippen molar-refractivity contribution < 1.29 is 28.5 Å². The number of carbonyl (C=O) groups excluding carboxylic acids is 2. The van der Waals surface area contributed by atoms with E-state index < -0.39 is 11.6 Å². The summed E-state index contributed by atoms with van der Waals surface area (Å²) in [5.41, 5.74) is 0.749. The maximum absolute atomic E-state index is 12.5. The Hall–Kier alpha value is -3.54. The molecule has 0 unspecified atom stereocenters. The first kappa shape index (κ1) is 21.2. The van der Waals surface area contributed by atoms with Crippen LogP contribution in [0.3, 0.4) is 0 Å². The number of fused-ring (bicyclic) bond motifs is 1. The summed E-state index contributed by atoms with van der Waals surface area (Å²) in [6.07, 6.45) is 5.17. The number of ketones is 1. The van der Waals surface area contributed by atoms with Gasteiger partial charge in [0.05, 0.1) is 12.7 Å². The minimum atomic E-state index is -0.578. The number of para-hydroxylation sites is 1. The second-order valence-corrected chi connectivity index (χ2v) is 7.60. The van der Waals surface area contributed by atoms with Crippen LogP contribution in [0, 0.1) is 0 Å². The molecule has 0 N–H and O–H groups in total. The molecule has 0 fully saturated rings. The van der Waals surface area contributed by atoms with Crippen molar-refractivity contribution >= 4 is 17.8 Å². The first-order valence-corrected chi connectivity index (χ1v) is 9.49. The molecule has 2 aromatic carbocycles. The third kappa shape index (κ3) is 5.29. The van der Waals surface area contributed by atoms with Crippen LogP contribution in [0.25, 0.3) is 6.08 Å². The fraction of sp³-hybridized carbons (Fsp3) is 0.250. The minimum absolute atomic E-state index is 0.209. The van der Waals surface area contributed by atoms with E-state index in [2.05, 4.69) is 0 Å².